The van der Waals surface area contributed by atoms with Gasteiger partial charge in [-0.1, -0.05) is 6.07 Å². The minimum atomic E-state index is -0.542. The fourth-order valence-electron chi connectivity index (χ4n) is 1.72. The van der Waals surface area contributed by atoms with Crippen LogP contribution in [0.25, 0.3) is 0 Å². The molecule has 19 heavy (non-hydrogen) atoms. The summed E-state index contributed by atoms with van der Waals surface area (Å²) < 4.78 is 10.5. The van der Waals surface area contributed by atoms with Crippen molar-refractivity contribution in [1.29, 1.82) is 0 Å². The molecule has 5 heteroatoms. The molecule has 5 nitrogen and oxygen atoms in total. The van der Waals surface area contributed by atoms with Gasteiger partial charge in [-0.3, -0.25) is 4.79 Å². The van der Waals surface area contributed by atoms with Crippen molar-refractivity contribution in [2.24, 2.45) is 5.73 Å². The summed E-state index contributed by atoms with van der Waals surface area (Å²) in [6, 6.07) is 5.01. The Morgan fingerprint density at radius 3 is 2.32 bits per heavy atom. The Bertz CT molecular complexity index is 456. The van der Waals surface area contributed by atoms with E-state index in [1.807, 2.05) is 32.0 Å². The number of hydrogen-bond acceptors (Lipinski definition) is 4. The van der Waals surface area contributed by atoms with Crippen molar-refractivity contribution in [3.05, 3.63) is 23.8 Å². The van der Waals surface area contributed by atoms with Crippen LogP contribution in [-0.2, 0) is 10.3 Å². The highest BCUT2D eigenvalue weighted by Crippen LogP contribution is 2.32. The number of carbonyl (C=O) groups is 1. The minimum Gasteiger partial charge on any atom is -0.493 e. The number of amides is 1. The van der Waals surface area contributed by atoms with E-state index in [-0.39, 0.29) is 5.91 Å². The number of hydrogen-bond donors (Lipinski definition) is 2. The highest BCUT2D eigenvalue weighted by Gasteiger charge is 2.25. The molecule has 0 aliphatic carbocycles. The van der Waals surface area contributed by atoms with Crippen molar-refractivity contribution in [3.63, 3.8) is 0 Å². The molecule has 106 valence electrons. The molecule has 1 atom stereocenters. The van der Waals surface area contributed by atoms with Gasteiger partial charge in [-0.25, -0.2) is 0 Å². The van der Waals surface area contributed by atoms with Gasteiger partial charge in [-0.2, -0.15) is 0 Å². The molecule has 0 aromatic heterocycles. The Balaban J connectivity index is 3.04. The summed E-state index contributed by atoms with van der Waals surface area (Å²) in [5.41, 5.74) is 5.94. The summed E-state index contributed by atoms with van der Waals surface area (Å²) in [7, 11) is 3.16. The second-order valence-corrected chi connectivity index (χ2v) is 4.97. The molecule has 1 rings (SSSR count). The fraction of sp³-hybridized carbons (Fsp3) is 0.500. The average molecular weight is 266 g/mol. The van der Waals surface area contributed by atoms with E-state index in [0.717, 1.165) is 5.56 Å². The smallest absolute Gasteiger partial charge is 0.237 e. The van der Waals surface area contributed by atoms with Crippen LogP contribution in [0.1, 0.15) is 26.3 Å². The third kappa shape index (κ3) is 3.61. The Hall–Kier alpha value is -1.75. The lowest BCUT2D eigenvalue weighted by Crippen LogP contribution is -2.47. The summed E-state index contributed by atoms with van der Waals surface area (Å²) in [4.78, 5) is 11.7. The molecule has 1 aromatic carbocycles. The van der Waals surface area contributed by atoms with Gasteiger partial charge in [-0.05, 0) is 38.5 Å². The summed E-state index contributed by atoms with van der Waals surface area (Å²) >= 11 is 0. The van der Waals surface area contributed by atoms with Gasteiger partial charge in [0.25, 0.3) is 0 Å². The van der Waals surface area contributed by atoms with Gasteiger partial charge in [0.1, 0.15) is 0 Å². The number of methoxy groups -OCH3 is 2. The summed E-state index contributed by atoms with van der Waals surface area (Å²) in [5, 5.41) is 2.90. The van der Waals surface area contributed by atoms with Crippen LogP contribution in [0, 0.1) is 0 Å². The maximum Gasteiger partial charge on any atom is 0.237 e. The zero-order valence-corrected chi connectivity index (χ0v) is 12.1. The van der Waals surface area contributed by atoms with E-state index in [1.54, 1.807) is 21.1 Å². The molecule has 3 N–H and O–H groups in total. The van der Waals surface area contributed by atoms with Gasteiger partial charge in [0.05, 0.1) is 25.8 Å². The predicted molar refractivity (Wildman–Crippen MR) is 74.4 cm³/mol. The SMILES string of the molecule is COc1ccc(C(C)(C)NC(=O)C(C)N)cc1OC. The van der Waals surface area contributed by atoms with Gasteiger partial charge < -0.3 is 20.5 Å². The van der Waals surface area contributed by atoms with Gasteiger partial charge in [-0.15, -0.1) is 0 Å². The quantitative estimate of drug-likeness (QED) is 0.845. The zero-order valence-electron chi connectivity index (χ0n) is 12.1. The molecular formula is C14H22N2O3. The standard InChI is InChI=1S/C14H22N2O3/c1-9(15)13(17)16-14(2,3)10-6-7-11(18-4)12(8-10)19-5/h6-9H,15H2,1-5H3,(H,16,17). The molecule has 0 heterocycles. The Labute approximate surface area is 114 Å². The summed E-state index contributed by atoms with van der Waals surface area (Å²) in [5.74, 6) is 1.09. The topological polar surface area (TPSA) is 73.6 Å². The van der Waals surface area contributed by atoms with Crippen LogP contribution in [0.5, 0.6) is 11.5 Å². The number of ether oxygens (including phenoxy) is 2. The van der Waals surface area contributed by atoms with Crippen LogP contribution in [0.2, 0.25) is 0 Å². The molecule has 0 spiro atoms. The molecule has 0 aliphatic rings. The lowest BCUT2D eigenvalue weighted by atomic mass is 9.93. The first-order valence-electron chi connectivity index (χ1n) is 6.12. The first kappa shape index (κ1) is 15.3. The molecule has 0 bridgehead atoms. The number of nitrogens with one attached hydrogen (secondary N) is 1. The minimum absolute atomic E-state index is 0.195. The lowest BCUT2D eigenvalue weighted by Gasteiger charge is -2.28. The van der Waals surface area contributed by atoms with Crippen molar-refractivity contribution in [3.8, 4) is 11.5 Å². The zero-order chi connectivity index (χ0) is 14.6. The van der Waals surface area contributed by atoms with E-state index >= 15 is 0 Å². The molecular weight excluding hydrogens is 244 g/mol. The lowest BCUT2D eigenvalue weighted by molar-refractivity contribution is -0.123. The maximum atomic E-state index is 11.7. The number of nitrogens with two attached hydrogens (primary N) is 1. The van der Waals surface area contributed by atoms with Gasteiger partial charge >= 0.3 is 0 Å². The van der Waals surface area contributed by atoms with Crippen LogP contribution in [0.15, 0.2) is 18.2 Å². The van der Waals surface area contributed by atoms with Crippen molar-refractivity contribution in [2.45, 2.75) is 32.4 Å². The van der Waals surface area contributed by atoms with E-state index in [2.05, 4.69) is 5.32 Å². The first-order chi connectivity index (χ1) is 8.81. The van der Waals surface area contributed by atoms with Gasteiger partial charge in [0, 0.05) is 0 Å². The fourth-order valence-corrected chi connectivity index (χ4v) is 1.72. The van der Waals surface area contributed by atoms with Crippen LogP contribution in [-0.4, -0.2) is 26.2 Å². The number of rotatable bonds is 5. The molecule has 1 aromatic rings. The highest BCUT2D eigenvalue weighted by molar-refractivity contribution is 5.81. The Morgan fingerprint density at radius 2 is 1.84 bits per heavy atom. The average Bonchev–Trinajstić information content (AvgIpc) is 2.37. The first-order valence-corrected chi connectivity index (χ1v) is 6.12. The van der Waals surface area contributed by atoms with E-state index in [4.69, 9.17) is 15.2 Å². The third-order valence-corrected chi connectivity index (χ3v) is 2.95. The monoisotopic (exact) mass is 266 g/mol. The van der Waals surface area contributed by atoms with Gasteiger partial charge in [0.15, 0.2) is 11.5 Å². The number of benzene rings is 1. The molecule has 1 amide bonds. The van der Waals surface area contributed by atoms with E-state index < -0.39 is 11.6 Å². The maximum absolute atomic E-state index is 11.7. The number of carbonyl (C=O) groups excluding carboxylic acids is 1. The van der Waals surface area contributed by atoms with Crippen LogP contribution >= 0.6 is 0 Å². The Kier molecular flexibility index (Phi) is 4.78. The second-order valence-electron chi connectivity index (χ2n) is 4.97. The van der Waals surface area contributed by atoms with Crippen LogP contribution in [0.3, 0.4) is 0 Å². The van der Waals surface area contributed by atoms with Crippen LogP contribution in [0.4, 0.5) is 0 Å². The summed E-state index contributed by atoms with van der Waals surface area (Å²) in [6.07, 6.45) is 0. The predicted octanol–water partition coefficient (Wildman–Crippen LogP) is 1.40. The van der Waals surface area contributed by atoms with Crippen LogP contribution < -0.4 is 20.5 Å². The molecule has 1 unspecified atom stereocenters. The van der Waals surface area contributed by atoms with Crippen molar-refractivity contribution >= 4 is 5.91 Å². The highest BCUT2D eigenvalue weighted by atomic mass is 16.5. The van der Waals surface area contributed by atoms with E-state index in [0.29, 0.717) is 11.5 Å². The molecule has 0 fully saturated rings. The van der Waals surface area contributed by atoms with E-state index in [1.165, 1.54) is 0 Å². The normalized spacial score (nSPS) is 12.7. The third-order valence-electron chi connectivity index (χ3n) is 2.95. The van der Waals surface area contributed by atoms with Crippen molar-refractivity contribution in [2.75, 3.05) is 14.2 Å². The Morgan fingerprint density at radius 1 is 1.26 bits per heavy atom. The van der Waals surface area contributed by atoms with Crippen molar-refractivity contribution in [1.82, 2.24) is 5.32 Å². The molecule has 0 saturated carbocycles. The molecule has 0 aliphatic heterocycles. The van der Waals surface area contributed by atoms with Gasteiger partial charge in [0.2, 0.25) is 5.91 Å². The molecule has 0 radical (unpaired) electrons. The molecule has 0 saturated heterocycles. The second kappa shape index (κ2) is 5.93. The largest absolute Gasteiger partial charge is 0.493 e. The van der Waals surface area contributed by atoms with Crippen molar-refractivity contribution < 1.29 is 14.3 Å². The van der Waals surface area contributed by atoms with E-state index in [9.17, 15) is 4.79 Å². The summed E-state index contributed by atoms with van der Waals surface area (Å²) in [6.45, 7) is 5.48.